The van der Waals surface area contributed by atoms with Gasteiger partial charge in [-0.1, -0.05) is 36.0 Å². The number of hydrogen-bond acceptors (Lipinski definition) is 7. The lowest BCUT2D eigenvalue weighted by atomic mass is 9.99. The van der Waals surface area contributed by atoms with Crippen molar-refractivity contribution in [2.24, 2.45) is 0 Å². The van der Waals surface area contributed by atoms with Crippen LogP contribution in [0.15, 0.2) is 24.3 Å². The normalized spacial score (nSPS) is 13.2. The molecular weight excluding hydrogens is 332 g/mol. The number of Topliss-reactive ketones (excluding diaryl/α,β-unsaturated/α-hetero) is 1. The van der Waals surface area contributed by atoms with Crippen molar-refractivity contribution in [1.29, 1.82) is 0 Å². The Morgan fingerprint density at radius 3 is 2.29 bits per heavy atom. The van der Waals surface area contributed by atoms with Gasteiger partial charge >= 0.3 is 5.97 Å². The van der Waals surface area contributed by atoms with Crippen LogP contribution in [0.25, 0.3) is 0 Å². The van der Waals surface area contributed by atoms with E-state index in [4.69, 9.17) is 0 Å². The smallest absolute Gasteiger partial charge is 0.305 e. The summed E-state index contributed by atoms with van der Waals surface area (Å²) in [6.45, 7) is 1.45. The van der Waals surface area contributed by atoms with Gasteiger partial charge in [-0.2, -0.15) is 0 Å². The first-order valence-corrected chi connectivity index (χ1v) is 8.53. The molecule has 2 atom stereocenters. The van der Waals surface area contributed by atoms with Crippen molar-refractivity contribution >= 4 is 28.6 Å². The number of carbonyl (C=O) groups excluding carboxylic acids is 3. The second-order valence-electron chi connectivity index (χ2n) is 5.26. The maximum atomic E-state index is 11.9. The van der Waals surface area contributed by atoms with Crippen LogP contribution in [0.4, 0.5) is 0 Å². The molecule has 0 heterocycles. The molecule has 1 aromatic rings. The zero-order valence-corrected chi connectivity index (χ0v) is 14.5. The summed E-state index contributed by atoms with van der Waals surface area (Å²) in [7, 11) is 1.27. The highest BCUT2D eigenvalue weighted by atomic mass is 32.2. The Morgan fingerprint density at radius 1 is 1.12 bits per heavy atom. The molecule has 0 saturated heterocycles. The standard InChI is InChI=1S/C17H22O6S/c1-11(18)24-10-9-15(20)17(22)13-5-3-12(4-6-13)14(19)7-8-16(21)23-2/h3-6,15,17,20,22H,7-10H2,1-2H3. The summed E-state index contributed by atoms with van der Waals surface area (Å²) in [5, 5.41) is 20.0. The monoisotopic (exact) mass is 354 g/mol. The van der Waals surface area contributed by atoms with Gasteiger partial charge in [-0.25, -0.2) is 0 Å². The molecule has 0 aliphatic rings. The van der Waals surface area contributed by atoms with Crippen molar-refractivity contribution in [3.05, 3.63) is 35.4 Å². The van der Waals surface area contributed by atoms with E-state index in [1.54, 1.807) is 24.3 Å². The highest BCUT2D eigenvalue weighted by Crippen LogP contribution is 2.21. The average molecular weight is 354 g/mol. The van der Waals surface area contributed by atoms with Gasteiger partial charge in [0.05, 0.1) is 19.6 Å². The van der Waals surface area contributed by atoms with Gasteiger partial charge in [0.15, 0.2) is 10.9 Å². The second kappa shape index (κ2) is 10.2. The van der Waals surface area contributed by atoms with Gasteiger partial charge in [-0.3, -0.25) is 14.4 Å². The largest absolute Gasteiger partial charge is 0.469 e. The Kier molecular flexibility index (Phi) is 8.67. The number of esters is 1. The van der Waals surface area contributed by atoms with E-state index in [-0.39, 0.29) is 30.2 Å². The molecule has 0 fully saturated rings. The number of hydrogen-bond donors (Lipinski definition) is 2. The van der Waals surface area contributed by atoms with Crippen LogP contribution < -0.4 is 0 Å². The summed E-state index contributed by atoms with van der Waals surface area (Å²) < 4.78 is 4.49. The number of benzene rings is 1. The first kappa shape index (κ1) is 20.3. The molecule has 0 aliphatic heterocycles. The second-order valence-corrected chi connectivity index (χ2v) is 6.53. The predicted molar refractivity (Wildman–Crippen MR) is 90.7 cm³/mol. The van der Waals surface area contributed by atoms with Crippen molar-refractivity contribution in [3.63, 3.8) is 0 Å². The number of ketones is 1. The zero-order chi connectivity index (χ0) is 18.1. The van der Waals surface area contributed by atoms with E-state index in [1.165, 1.54) is 14.0 Å². The van der Waals surface area contributed by atoms with Crippen LogP contribution in [0.3, 0.4) is 0 Å². The van der Waals surface area contributed by atoms with Gasteiger partial charge in [0.25, 0.3) is 0 Å². The molecule has 1 aromatic carbocycles. The third-order valence-corrected chi connectivity index (χ3v) is 4.29. The number of carbonyl (C=O) groups is 3. The van der Waals surface area contributed by atoms with Gasteiger partial charge in [0.1, 0.15) is 6.10 Å². The summed E-state index contributed by atoms with van der Waals surface area (Å²) in [5.74, 6) is -0.209. The molecule has 0 saturated carbocycles. The summed E-state index contributed by atoms with van der Waals surface area (Å²) in [6, 6.07) is 6.24. The fourth-order valence-electron chi connectivity index (χ4n) is 2.03. The SMILES string of the molecule is COC(=O)CCC(=O)c1ccc(C(O)C(O)CCSC(C)=O)cc1. The molecule has 0 amide bonds. The summed E-state index contributed by atoms with van der Waals surface area (Å²) >= 11 is 1.10. The Balaban J connectivity index is 2.57. The van der Waals surface area contributed by atoms with Crippen LogP contribution in [-0.2, 0) is 14.3 Å². The molecule has 2 N–H and O–H groups in total. The molecule has 2 unspecified atom stereocenters. The van der Waals surface area contributed by atoms with Crippen LogP contribution >= 0.6 is 11.8 Å². The van der Waals surface area contributed by atoms with E-state index >= 15 is 0 Å². The number of aliphatic hydroxyl groups excluding tert-OH is 2. The number of methoxy groups -OCH3 is 1. The quantitative estimate of drug-likeness (QED) is 0.516. The lowest BCUT2D eigenvalue weighted by molar-refractivity contribution is -0.140. The van der Waals surface area contributed by atoms with E-state index in [2.05, 4.69) is 4.74 Å². The number of thioether (sulfide) groups is 1. The molecule has 24 heavy (non-hydrogen) atoms. The highest BCUT2D eigenvalue weighted by molar-refractivity contribution is 8.13. The summed E-state index contributed by atoms with van der Waals surface area (Å²) in [4.78, 5) is 33.8. The minimum atomic E-state index is -1.09. The van der Waals surface area contributed by atoms with Crippen molar-refractivity contribution < 1.29 is 29.3 Å². The Bertz CT molecular complexity index is 569. The van der Waals surface area contributed by atoms with E-state index in [0.29, 0.717) is 16.9 Å². The van der Waals surface area contributed by atoms with Crippen molar-refractivity contribution in [2.75, 3.05) is 12.9 Å². The third-order valence-electron chi connectivity index (χ3n) is 3.44. The maximum absolute atomic E-state index is 11.9. The molecule has 0 aromatic heterocycles. The first-order chi connectivity index (χ1) is 11.3. The Morgan fingerprint density at radius 2 is 1.75 bits per heavy atom. The number of ether oxygens (including phenoxy) is 1. The average Bonchev–Trinajstić information content (AvgIpc) is 2.58. The number of aliphatic hydroxyl groups is 2. The number of rotatable bonds is 9. The molecule has 6 nitrogen and oxygen atoms in total. The summed E-state index contributed by atoms with van der Waals surface area (Å²) in [5.41, 5.74) is 0.913. The molecule has 0 spiro atoms. The van der Waals surface area contributed by atoms with Crippen LogP contribution in [0, 0.1) is 0 Å². The Labute approximate surface area is 145 Å². The predicted octanol–water partition coefficient (Wildman–Crippen LogP) is 1.89. The molecule has 7 heteroatoms. The molecule has 132 valence electrons. The lowest BCUT2D eigenvalue weighted by Crippen LogP contribution is -2.19. The van der Waals surface area contributed by atoms with E-state index in [9.17, 15) is 24.6 Å². The van der Waals surface area contributed by atoms with E-state index < -0.39 is 18.2 Å². The van der Waals surface area contributed by atoms with Crippen LogP contribution in [0.2, 0.25) is 0 Å². The fraction of sp³-hybridized carbons (Fsp3) is 0.471. The van der Waals surface area contributed by atoms with Crippen molar-refractivity contribution in [3.8, 4) is 0 Å². The molecule has 0 radical (unpaired) electrons. The first-order valence-electron chi connectivity index (χ1n) is 7.54. The third kappa shape index (κ3) is 6.82. The van der Waals surface area contributed by atoms with Crippen molar-refractivity contribution in [1.82, 2.24) is 0 Å². The van der Waals surface area contributed by atoms with Gasteiger partial charge in [-0.15, -0.1) is 0 Å². The highest BCUT2D eigenvalue weighted by Gasteiger charge is 2.19. The topological polar surface area (TPSA) is 101 Å². The lowest BCUT2D eigenvalue weighted by Gasteiger charge is -2.18. The zero-order valence-electron chi connectivity index (χ0n) is 13.7. The fourth-order valence-corrected chi connectivity index (χ4v) is 2.68. The molecular formula is C17H22O6S. The van der Waals surface area contributed by atoms with Gasteiger partial charge < -0.3 is 14.9 Å². The summed E-state index contributed by atoms with van der Waals surface area (Å²) in [6.07, 6.45) is -1.72. The minimum absolute atomic E-state index is 0.0201. The van der Waals surface area contributed by atoms with Crippen LogP contribution in [0.5, 0.6) is 0 Å². The molecule has 1 rings (SSSR count). The van der Waals surface area contributed by atoms with Gasteiger partial charge in [0.2, 0.25) is 0 Å². The van der Waals surface area contributed by atoms with Gasteiger partial charge in [0, 0.05) is 24.7 Å². The van der Waals surface area contributed by atoms with Gasteiger partial charge in [-0.05, 0) is 12.0 Å². The molecule has 0 aliphatic carbocycles. The van der Waals surface area contributed by atoms with Crippen LogP contribution in [0.1, 0.15) is 48.2 Å². The van der Waals surface area contributed by atoms with E-state index in [0.717, 1.165) is 11.8 Å². The van der Waals surface area contributed by atoms with Crippen molar-refractivity contribution in [2.45, 2.75) is 38.4 Å². The Hall–Kier alpha value is -1.70. The van der Waals surface area contributed by atoms with E-state index in [1.807, 2.05) is 0 Å². The molecule has 0 bridgehead atoms. The minimum Gasteiger partial charge on any atom is -0.469 e. The maximum Gasteiger partial charge on any atom is 0.305 e. The van der Waals surface area contributed by atoms with Crippen LogP contribution in [-0.4, -0.2) is 46.0 Å².